The summed E-state index contributed by atoms with van der Waals surface area (Å²) >= 11 is 5.69. The van der Waals surface area contributed by atoms with Gasteiger partial charge in [-0.3, -0.25) is 4.72 Å². The number of anilines is 1. The summed E-state index contributed by atoms with van der Waals surface area (Å²) in [5.41, 5.74) is 0. The van der Waals surface area contributed by atoms with Gasteiger partial charge in [0.1, 0.15) is 17.5 Å². The lowest BCUT2D eigenvalue weighted by molar-refractivity contribution is 0.498. The lowest BCUT2D eigenvalue weighted by Crippen LogP contribution is -2.17. The third-order valence-electron chi connectivity index (χ3n) is 2.22. The van der Waals surface area contributed by atoms with Crippen LogP contribution in [-0.2, 0) is 10.0 Å². The Morgan fingerprint density at radius 1 is 1.15 bits per heavy atom. The Morgan fingerprint density at radius 3 is 2.30 bits per heavy atom. The average molecular weight is 323 g/mol. The fourth-order valence-electron chi connectivity index (χ4n) is 1.42. The van der Waals surface area contributed by atoms with Crippen molar-refractivity contribution in [3.63, 3.8) is 0 Å². The van der Waals surface area contributed by atoms with E-state index in [9.17, 15) is 21.6 Å². The van der Waals surface area contributed by atoms with Gasteiger partial charge in [-0.2, -0.15) is 0 Å². The van der Waals surface area contributed by atoms with Crippen molar-refractivity contribution in [1.82, 2.24) is 4.98 Å². The number of sulfonamides is 1. The van der Waals surface area contributed by atoms with Crippen molar-refractivity contribution in [1.29, 1.82) is 0 Å². The Balaban J connectivity index is 2.50. The molecule has 20 heavy (non-hydrogen) atoms. The van der Waals surface area contributed by atoms with Crippen LogP contribution in [0.4, 0.5) is 19.0 Å². The number of hydrogen-bond acceptors (Lipinski definition) is 3. The maximum atomic E-state index is 13.5. The minimum absolute atomic E-state index is 0.0565. The molecule has 106 valence electrons. The number of rotatable bonds is 3. The van der Waals surface area contributed by atoms with Crippen LogP contribution in [0.2, 0.25) is 5.02 Å². The highest BCUT2D eigenvalue weighted by molar-refractivity contribution is 7.92. The van der Waals surface area contributed by atoms with Crippen molar-refractivity contribution in [2.75, 3.05) is 4.72 Å². The van der Waals surface area contributed by atoms with E-state index in [0.29, 0.717) is 0 Å². The highest BCUT2D eigenvalue weighted by Crippen LogP contribution is 2.25. The van der Waals surface area contributed by atoms with E-state index < -0.39 is 32.4 Å². The first-order chi connectivity index (χ1) is 9.31. The number of halogens is 4. The van der Waals surface area contributed by atoms with E-state index in [1.807, 2.05) is 4.72 Å². The van der Waals surface area contributed by atoms with Crippen LogP contribution < -0.4 is 4.72 Å². The standard InChI is InChI=1S/C11H6ClF3N2O2S/c12-7-2-1-3-16-11(7)17-20(18,19)10-8(14)4-6(13)5-9(10)15/h1-5H,(H,16,17). The van der Waals surface area contributed by atoms with Crippen molar-refractivity contribution in [3.05, 3.63) is 52.9 Å². The third kappa shape index (κ3) is 2.86. The predicted molar refractivity (Wildman–Crippen MR) is 66.4 cm³/mol. The quantitative estimate of drug-likeness (QED) is 0.945. The van der Waals surface area contributed by atoms with Gasteiger partial charge in [0.15, 0.2) is 10.7 Å². The zero-order valence-electron chi connectivity index (χ0n) is 9.57. The zero-order valence-corrected chi connectivity index (χ0v) is 11.1. The molecule has 0 aliphatic heterocycles. The van der Waals surface area contributed by atoms with Crippen LogP contribution in [0.25, 0.3) is 0 Å². The van der Waals surface area contributed by atoms with Crippen molar-refractivity contribution >= 4 is 27.4 Å². The van der Waals surface area contributed by atoms with E-state index in [2.05, 4.69) is 4.98 Å². The first-order valence-electron chi connectivity index (χ1n) is 5.09. The second kappa shape index (κ2) is 5.29. The van der Waals surface area contributed by atoms with Crippen LogP contribution in [0.1, 0.15) is 0 Å². The maximum Gasteiger partial charge on any atom is 0.268 e. The minimum atomic E-state index is -4.63. The Bertz CT molecular complexity index is 745. The molecular weight excluding hydrogens is 317 g/mol. The number of aromatic nitrogens is 1. The van der Waals surface area contributed by atoms with E-state index in [0.717, 1.165) is 0 Å². The largest absolute Gasteiger partial charge is 0.268 e. The van der Waals surface area contributed by atoms with E-state index >= 15 is 0 Å². The van der Waals surface area contributed by atoms with Gasteiger partial charge in [-0.1, -0.05) is 11.6 Å². The second-order valence-corrected chi connectivity index (χ2v) is 5.66. The average Bonchev–Trinajstić information content (AvgIpc) is 2.30. The lowest BCUT2D eigenvalue weighted by atomic mass is 10.3. The Hall–Kier alpha value is -1.80. The van der Waals surface area contributed by atoms with Crippen LogP contribution in [0.3, 0.4) is 0 Å². The molecule has 0 fully saturated rings. The third-order valence-corrected chi connectivity index (χ3v) is 3.92. The Morgan fingerprint density at radius 2 is 1.75 bits per heavy atom. The Kier molecular flexibility index (Phi) is 3.87. The van der Waals surface area contributed by atoms with Crippen LogP contribution in [0.15, 0.2) is 35.4 Å². The normalized spacial score (nSPS) is 11.4. The van der Waals surface area contributed by atoms with Crippen molar-refractivity contribution in [2.24, 2.45) is 0 Å². The molecule has 0 atom stereocenters. The maximum absolute atomic E-state index is 13.5. The molecule has 1 N–H and O–H groups in total. The molecule has 1 aromatic heterocycles. The molecule has 2 aromatic rings. The first kappa shape index (κ1) is 14.6. The van der Waals surface area contributed by atoms with E-state index in [1.165, 1.54) is 18.3 Å². The van der Waals surface area contributed by atoms with E-state index in [4.69, 9.17) is 11.6 Å². The van der Waals surface area contributed by atoms with Crippen molar-refractivity contribution in [3.8, 4) is 0 Å². The lowest BCUT2D eigenvalue weighted by Gasteiger charge is -2.10. The molecular formula is C11H6ClF3N2O2S. The Labute approximate surface area is 117 Å². The van der Waals surface area contributed by atoms with E-state index in [1.54, 1.807) is 0 Å². The van der Waals surface area contributed by atoms with Gasteiger partial charge in [0.2, 0.25) is 0 Å². The van der Waals surface area contributed by atoms with Gasteiger partial charge in [0, 0.05) is 18.3 Å². The molecule has 0 spiro atoms. The van der Waals surface area contributed by atoms with Gasteiger partial charge in [0.05, 0.1) is 5.02 Å². The number of nitrogens with one attached hydrogen (secondary N) is 1. The fourth-order valence-corrected chi connectivity index (χ4v) is 2.80. The molecule has 0 saturated carbocycles. The second-order valence-electron chi connectivity index (χ2n) is 3.64. The predicted octanol–water partition coefficient (Wildman–Crippen LogP) is 2.95. The first-order valence-corrected chi connectivity index (χ1v) is 6.95. The molecule has 4 nitrogen and oxygen atoms in total. The van der Waals surface area contributed by atoms with Crippen LogP contribution in [0, 0.1) is 17.5 Å². The van der Waals surface area contributed by atoms with Crippen LogP contribution in [-0.4, -0.2) is 13.4 Å². The molecule has 2 rings (SSSR count). The van der Waals surface area contributed by atoms with Gasteiger partial charge >= 0.3 is 0 Å². The highest BCUT2D eigenvalue weighted by Gasteiger charge is 2.26. The summed E-state index contributed by atoms with van der Waals surface area (Å²) < 4.78 is 65.3. The summed E-state index contributed by atoms with van der Waals surface area (Å²) in [7, 11) is -4.63. The molecule has 0 aliphatic rings. The molecule has 1 aromatic carbocycles. The molecule has 1 heterocycles. The summed E-state index contributed by atoms with van der Waals surface area (Å²) in [6.07, 6.45) is 1.24. The molecule has 0 unspecified atom stereocenters. The van der Waals surface area contributed by atoms with Crippen LogP contribution in [0.5, 0.6) is 0 Å². The molecule has 0 aliphatic carbocycles. The minimum Gasteiger partial charge on any atom is -0.262 e. The molecule has 0 amide bonds. The van der Waals surface area contributed by atoms with Crippen LogP contribution >= 0.6 is 11.6 Å². The molecule has 0 bridgehead atoms. The van der Waals surface area contributed by atoms with Gasteiger partial charge in [-0.25, -0.2) is 26.6 Å². The number of benzene rings is 1. The number of pyridine rings is 1. The molecule has 0 radical (unpaired) electrons. The van der Waals surface area contributed by atoms with Gasteiger partial charge < -0.3 is 0 Å². The summed E-state index contributed by atoms with van der Waals surface area (Å²) in [6, 6.07) is 3.30. The highest BCUT2D eigenvalue weighted by atomic mass is 35.5. The topological polar surface area (TPSA) is 59.1 Å². The van der Waals surface area contributed by atoms with Gasteiger partial charge in [-0.05, 0) is 12.1 Å². The summed E-state index contributed by atoms with van der Waals surface area (Å²) in [6.45, 7) is 0. The monoisotopic (exact) mass is 322 g/mol. The van der Waals surface area contributed by atoms with Gasteiger partial charge in [-0.15, -0.1) is 0 Å². The van der Waals surface area contributed by atoms with E-state index in [-0.39, 0.29) is 23.0 Å². The van der Waals surface area contributed by atoms with Crippen molar-refractivity contribution in [2.45, 2.75) is 4.90 Å². The molecule has 9 heteroatoms. The SMILES string of the molecule is O=S(=O)(Nc1ncccc1Cl)c1c(F)cc(F)cc1F. The van der Waals surface area contributed by atoms with Crippen molar-refractivity contribution < 1.29 is 21.6 Å². The summed E-state index contributed by atoms with van der Waals surface area (Å²) in [5.74, 6) is -4.63. The number of hydrogen-bond donors (Lipinski definition) is 1. The molecule has 0 saturated heterocycles. The number of nitrogens with zero attached hydrogens (tertiary/aromatic N) is 1. The fraction of sp³-hybridized carbons (Fsp3) is 0. The zero-order chi connectivity index (χ0) is 14.9. The summed E-state index contributed by atoms with van der Waals surface area (Å²) in [5, 5.41) is -0.0565. The van der Waals surface area contributed by atoms with Gasteiger partial charge in [0.25, 0.3) is 10.0 Å². The summed E-state index contributed by atoms with van der Waals surface area (Å²) in [4.78, 5) is 2.32. The smallest absolute Gasteiger partial charge is 0.262 e.